The van der Waals surface area contributed by atoms with Gasteiger partial charge >= 0.3 is 12.1 Å². The number of fused-ring (bicyclic) bond motifs is 1. The minimum Gasteiger partial charge on any atom is -0.436 e. The van der Waals surface area contributed by atoms with Gasteiger partial charge in [-0.1, -0.05) is 18.1 Å². The number of alkyl carbamates (subject to hydrolysis) is 1. The van der Waals surface area contributed by atoms with Crippen LogP contribution in [0.5, 0.6) is 0 Å². The Hall–Kier alpha value is -4.12. The Bertz CT molecular complexity index is 1150. The zero-order valence-electron chi connectivity index (χ0n) is 17.4. The molecule has 2 aromatic heterocycles. The largest absolute Gasteiger partial charge is 0.436 e. The Labute approximate surface area is 180 Å². The van der Waals surface area contributed by atoms with E-state index < -0.39 is 6.09 Å². The molecule has 0 aliphatic carbocycles. The minimum atomic E-state index is -0.595. The molecule has 0 aliphatic rings. The van der Waals surface area contributed by atoms with E-state index in [4.69, 9.17) is 11.2 Å². The highest BCUT2D eigenvalue weighted by Gasteiger charge is 2.13. The summed E-state index contributed by atoms with van der Waals surface area (Å²) in [7, 11) is 0. The number of amides is 3. The number of terminal acetylenes is 1. The number of carbonyl (C=O) groups is 2. The molecule has 0 atom stereocenters. The fourth-order valence-corrected chi connectivity index (χ4v) is 3.18. The molecule has 0 unspecified atom stereocenters. The predicted molar refractivity (Wildman–Crippen MR) is 119 cm³/mol. The molecular weight excluding hydrogens is 394 g/mol. The molecule has 31 heavy (non-hydrogen) atoms. The molecule has 8 heteroatoms. The van der Waals surface area contributed by atoms with Gasteiger partial charge < -0.3 is 15.4 Å². The first kappa shape index (κ1) is 21.6. The molecule has 158 valence electrons. The molecule has 8 nitrogen and oxygen atoms in total. The van der Waals surface area contributed by atoms with Crippen molar-refractivity contribution in [1.29, 1.82) is 0 Å². The van der Waals surface area contributed by atoms with Crippen LogP contribution < -0.4 is 16.0 Å². The van der Waals surface area contributed by atoms with E-state index in [-0.39, 0.29) is 19.2 Å². The summed E-state index contributed by atoms with van der Waals surface area (Å²) in [6.45, 7) is 4.47. The number of urea groups is 1. The lowest BCUT2D eigenvalue weighted by atomic mass is 9.94. The lowest BCUT2D eigenvalue weighted by Gasteiger charge is -2.15. The average Bonchev–Trinajstić information content (AvgIpc) is 2.76. The monoisotopic (exact) mass is 417 g/mol. The van der Waals surface area contributed by atoms with Crippen molar-refractivity contribution in [3.63, 3.8) is 0 Å². The van der Waals surface area contributed by atoms with Crippen LogP contribution in [0.2, 0.25) is 0 Å². The van der Waals surface area contributed by atoms with Crippen molar-refractivity contribution in [2.75, 3.05) is 18.5 Å². The van der Waals surface area contributed by atoms with Crippen LogP contribution in [0, 0.1) is 19.3 Å². The molecule has 0 saturated carbocycles. The van der Waals surface area contributed by atoms with Gasteiger partial charge in [0.05, 0.1) is 0 Å². The number of aromatic nitrogens is 2. The maximum Gasteiger partial charge on any atom is 0.408 e. The molecule has 0 bridgehead atoms. The first-order valence-corrected chi connectivity index (χ1v) is 9.75. The summed E-state index contributed by atoms with van der Waals surface area (Å²) in [6, 6.07) is 7.34. The molecule has 0 spiro atoms. The number of anilines is 1. The van der Waals surface area contributed by atoms with Gasteiger partial charge in [-0.3, -0.25) is 10.3 Å². The van der Waals surface area contributed by atoms with Gasteiger partial charge in [0.15, 0.2) is 6.61 Å². The average molecular weight is 417 g/mol. The molecule has 0 radical (unpaired) electrons. The highest BCUT2D eigenvalue weighted by atomic mass is 16.5. The van der Waals surface area contributed by atoms with Gasteiger partial charge in [0.2, 0.25) is 0 Å². The first-order valence-electron chi connectivity index (χ1n) is 9.75. The Kier molecular flexibility index (Phi) is 7.01. The van der Waals surface area contributed by atoms with Gasteiger partial charge in [-0.2, -0.15) is 0 Å². The number of rotatable bonds is 6. The number of benzene rings is 1. The molecular formula is C23H23N5O3. The lowest BCUT2D eigenvalue weighted by molar-refractivity contribution is 0.159. The van der Waals surface area contributed by atoms with Crippen molar-refractivity contribution in [3.8, 4) is 23.5 Å². The van der Waals surface area contributed by atoms with E-state index in [0.29, 0.717) is 12.4 Å². The number of ether oxygens (including phenoxy) is 1. The summed E-state index contributed by atoms with van der Waals surface area (Å²) in [5, 5.41) is 9.83. The molecule has 3 rings (SSSR count). The number of pyridine rings is 2. The standard InChI is InChI=1S/C23H23N5O3/c1-4-10-31-23(30)27-13-16-6-7-18(17-8-9-24-12-15(17)3)19-11-21(26-14-20(16)19)28-22(29)25-5-2/h1,6-9,11-12,14H,5,10,13H2,2-3H3,(H,27,30)(H2,25,26,28,29). The van der Waals surface area contributed by atoms with Crippen molar-refractivity contribution >= 4 is 28.7 Å². The number of hydrogen-bond donors (Lipinski definition) is 3. The first-order chi connectivity index (χ1) is 15.0. The molecule has 0 aliphatic heterocycles. The van der Waals surface area contributed by atoms with Gasteiger partial charge in [0, 0.05) is 37.1 Å². The second-order valence-corrected chi connectivity index (χ2v) is 6.70. The second-order valence-electron chi connectivity index (χ2n) is 6.70. The van der Waals surface area contributed by atoms with Gasteiger partial charge in [0.1, 0.15) is 5.82 Å². The maximum absolute atomic E-state index is 11.9. The molecule has 2 heterocycles. The zero-order valence-corrected chi connectivity index (χ0v) is 17.4. The highest BCUT2D eigenvalue weighted by molar-refractivity contribution is 6.01. The van der Waals surface area contributed by atoms with E-state index in [9.17, 15) is 9.59 Å². The van der Waals surface area contributed by atoms with Crippen LogP contribution in [0.3, 0.4) is 0 Å². The van der Waals surface area contributed by atoms with Crippen LogP contribution in [-0.4, -0.2) is 35.2 Å². The van der Waals surface area contributed by atoms with Crippen molar-refractivity contribution in [3.05, 3.63) is 54.0 Å². The molecule has 0 fully saturated rings. The topological polar surface area (TPSA) is 105 Å². The molecule has 3 N–H and O–H groups in total. The van der Waals surface area contributed by atoms with E-state index in [0.717, 1.165) is 33.0 Å². The lowest BCUT2D eigenvalue weighted by Crippen LogP contribution is -2.28. The van der Waals surface area contributed by atoms with Gasteiger partial charge in [-0.15, -0.1) is 6.42 Å². The zero-order chi connectivity index (χ0) is 22.2. The number of carbonyl (C=O) groups excluding carboxylic acids is 2. The molecule has 1 aromatic carbocycles. The van der Waals surface area contributed by atoms with Crippen LogP contribution in [0.1, 0.15) is 18.1 Å². The quantitative estimate of drug-likeness (QED) is 0.532. The Morgan fingerprint density at radius 2 is 1.97 bits per heavy atom. The van der Waals surface area contributed by atoms with Gasteiger partial charge in [-0.25, -0.2) is 14.6 Å². The Balaban J connectivity index is 2.02. The van der Waals surface area contributed by atoms with Crippen molar-refractivity contribution in [2.24, 2.45) is 0 Å². The highest BCUT2D eigenvalue weighted by Crippen LogP contribution is 2.33. The van der Waals surface area contributed by atoms with Crippen molar-refractivity contribution < 1.29 is 14.3 Å². The van der Waals surface area contributed by atoms with Crippen molar-refractivity contribution in [1.82, 2.24) is 20.6 Å². The normalized spacial score (nSPS) is 10.2. The smallest absolute Gasteiger partial charge is 0.408 e. The van der Waals surface area contributed by atoms with Crippen LogP contribution >= 0.6 is 0 Å². The Morgan fingerprint density at radius 3 is 2.71 bits per heavy atom. The SMILES string of the molecule is C#CCOC(=O)NCc1ccc(-c2ccncc2C)c2cc(NC(=O)NCC)ncc12. The van der Waals surface area contributed by atoms with E-state index in [2.05, 4.69) is 31.8 Å². The van der Waals surface area contributed by atoms with Crippen LogP contribution in [0.15, 0.2) is 42.9 Å². The Morgan fingerprint density at radius 1 is 1.13 bits per heavy atom. The van der Waals surface area contributed by atoms with E-state index in [1.165, 1.54) is 0 Å². The van der Waals surface area contributed by atoms with E-state index in [1.54, 1.807) is 18.6 Å². The fraction of sp³-hybridized carbons (Fsp3) is 0.217. The van der Waals surface area contributed by atoms with Gasteiger partial charge in [-0.05, 0) is 53.6 Å². The maximum atomic E-state index is 11.9. The summed E-state index contributed by atoms with van der Waals surface area (Å²) in [4.78, 5) is 32.3. The molecule has 3 aromatic rings. The summed E-state index contributed by atoms with van der Waals surface area (Å²) >= 11 is 0. The molecule has 0 saturated heterocycles. The predicted octanol–water partition coefficient (Wildman–Crippen LogP) is 3.61. The molecule has 3 amide bonds. The van der Waals surface area contributed by atoms with Crippen LogP contribution in [0.25, 0.3) is 21.9 Å². The van der Waals surface area contributed by atoms with E-state index in [1.807, 2.05) is 38.1 Å². The van der Waals surface area contributed by atoms with Crippen molar-refractivity contribution in [2.45, 2.75) is 20.4 Å². The third-order valence-corrected chi connectivity index (χ3v) is 4.59. The van der Waals surface area contributed by atoms with Gasteiger partial charge in [0.25, 0.3) is 0 Å². The van der Waals surface area contributed by atoms with Crippen LogP contribution in [-0.2, 0) is 11.3 Å². The third kappa shape index (κ3) is 5.28. The van der Waals surface area contributed by atoms with Crippen LogP contribution in [0.4, 0.5) is 15.4 Å². The third-order valence-electron chi connectivity index (χ3n) is 4.59. The summed E-state index contributed by atoms with van der Waals surface area (Å²) in [6.07, 6.45) is 9.73. The number of nitrogens with zero attached hydrogens (tertiary/aromatic N) is 2. The number of aryl methyl sites for hydroxylation is 1. The second kappa shape index (κ2) is 10.1. The minimum absolute atomic E-state index is 0.0940. The fourth-order valence-electron chi connectivity index (χ4n) is 3.18. The van der Waals surface area contributed by atoms with E-state index >= 15 is 0 Å². The summed E-state index contributed by atoms with van der Waals surface area (Å²) in [5.74, 6) is 2.67. The number of hydrogen-bond acceptors (Lipinski definition) is 5. The summed E-state index contributed by atoms with van der Waals surface area (Å²) in [5.41, 5.74) is 3.85. The summed E-state index contributed by atoms with van der Waals surface area (Å²) < 4.78 is 4.86. The number of nitrogens with one attached hydrogen (secondary N) is 3.